The van der Waals surface area contributed by atoms with Crippen LogP contribution in [0.15, 0.2) is 41.0 Å². The van der Waals surface area contributed by atoms with Crippen molar-refractivity contribution in [3.8, 4) is 0 Å². The third-order valence-corrected chi connectivity index (χ3v) is 6.06. The first-order valence-corrected chi connectivity index (χ1v) is 9.86. The summed E-state index contributed by atoms with van der Waals surface area (Å²) in [5.41, 5.74) is 2.19. The van der Waals surface area contributed by atoms with E-state index in [-0.39, 0.29) is 17.6 Å². The van der Waals surface area contributed by atoms with Crippen LogP contribution in [0.2, 0.25) is 0 Å². The van der Waals surface area contributed by atoms with E-state index in [4.69, 9.17) is 4.42 Å². The molecule has 2 heterocycles. The quantitative estimate of drug-likeness (QED) is 0.870. The molecule has 0 spiro atoms. The first-order valence-electron chi connectivity index (χ1n) is 9.86. The zero-order valence-corrected chi connectivity index (χ0v) is 15.7. The molecule has 2 aliphatic rings. The number of nitrogens with zero attached hydrogens (tertiary/aromatic N) is 1. The summed E-state index contributed by atoms with van der Waals surface area (Å²) in [5.74, 6) is 1.46. The molecule has 0 bridgehead atoms. The predicted octanol–water partition coefficient (Wildman–Crippen LogP) is 4.49. The zero-order valence-electron chi connectivity index (χ0n) is 15.7. The van der Waals surface area contributed by atoms with Gasteiger partial charge in [-0.2, -0.15) is 0 Å². The monoisotopic (exact) mass is 366 g/mol. The van der Waals surface area contributed by atoms with Crippen LogP contribution in [0.4, 0.5) is 5.69 Å². The molecule has 1 aliphatic heterocycles. The summed E-state index contributed by atoms with van der Waals surface area (Å²) in [6.45, 7) is 3.62. The number of amides is 2. The van der Waals surface area contributed by atoms with E-state index in [0.29, 0.717) is 17.2 Å². The van der Waals surface area contributed by atoms with E-state index in [9.17, 15) is 9.59 Å². The van der Waals surface area contributed by atoms with Gasteiger partial charge in [0, 0.05) is 24.3 Å². The van der Waals surface area contributed by atoms with Crippen molar-refractivity contribution in [2.45, 2.75) is 39.0 Å². The summed E-state index contributed by atoms with van der Waals surface area (Å²) in [6.07, 6.45) is 7.77. The highest BCUT2D eigenvalue weighted by Crippen LogP contribution is 2.36. The molecule has 1 N–H and O–H groups in total. The van der Waals surface area contributed by atoms with Crippen LogP contribution in [0, 0.1) is 18.8 Å². The molecule has 2 aromatic rings. The molecule has 0 radical (unpaired) electrons. The molecule has 27 heavy (non-hydrogen) atoms. The van der Waals surface area contributed by atoms with E-state index < -0.39 is 0 Å². The van der Waals surface area contributed by atoms with E-state index in [1.54, 1.807) is 18.2 Å². The highest BCUT2D eigenvalue weighted by atomic mass is 16.3. The second kappa shape index (κ2) is 7.59. The number of likely N-dealkylation sites (tertiary alicyclic amines) is 1. The van der Waals surface area contributed by atoms with Gasteiger partial charge in [-0.15, -0.1) is 0 Å². The number of hydrogen-bond donors (Lipinski definition) is 1. The van der Waals surface area contributed by atoms with Crippen molar-refractivity contribution in [1.29, 1.82) is 0 Å². The van der Waals surface area contributed by atoms with Gasteiger partial charge in [-0.25, -0.2) is 0 Å². The van der Waals surface area contributed by atoms with Gasteiger partial charge in [0.25, 0.3) is 11.8 Å². The van der Waals surface area contributed by atoms with Crippen molar-refractivity contribution < 1.29 is 14.0 Å². The molecule has 2 fully saturated rings. The third kappa shape index (κ3) is 3.77. The molecule has 1 aliphatic carbocycles. The fourth-order valence-corrected chi connectivity index (χ4v) is 4.45. The van der Waals surface area contributed by atoms with Gasteiger partial charge in [0.15, 0.2) is 5.76 Å². The molecule has 5 nitrogen and oxygen atoms in total. The minimum atomic E-state index is -0.310. The number of fused-ring (bicyclic) bond motifs is 1. The van der Waals surface area contributed by atoms with Crippen molar-refractivity contribution in [2.75, 3.05) is 18.4 Å². The summed E-state index contributed by atoms with van der Waals surface area (Å²) >= 11 is 0. The van der Waals surface area contributed by atoms with Gasteiger partial charge in [-0.3, -0.25) is 9.59 Å². The number of carbonyl (C=O) groups excluding carboxylic acids is 2. The molecule has 142 valence electrons. The van der Waals surface area contributed by atoms with E-state index in [1.807, 2.05) is 24.0 Å². The van der Waals surface area contributed by atoms with Crippen LogP contribution in [0.3, 0.4) is 0 Å². The van der Waals surface area contributed by atoms with Gasteiger partial charge in [-0.1, -0.05) is 25.3 Å². The number of rotatable bonds is 3. The number of anilines is 1. The normalized spacial score (nSPS) is 22.2. The molecule has 1 aromatic carbocycles. The second-order valence-electron chi connectivity index (χ2n) is 7.81. The average Bonchev–Trinajstić information content (AvgIpc) is 3.24. The number of piperidine rings is 1. The van der Waals surface area contributed by atoms with Gasteiger partial charge < -0.3 is 14.6 Å². The lowest BCUT2D eigenvalue weighted by Gasteiger charge is -2.41. The Labute approximate surface area is 159 Å². The summed E-state index contributed by atoms with van der Waals surface area (Å²) in [5, 5.41) is 2.85. The minimum absolute atomic E-state index is 0.0625. The van der Waals surface area contributed by atoms with E-state index in [2.05, 4.69) is 5.32 Å². The van der Waals surface area contributed by atoms with Crippen molar-refractivity contribution in [1.82, 2.24) is 4.90 Å². The largest absolute Gasteiger partial charge is 0.459 e. The fraction of sp³-hybridized carbons (Fsp3) is 0.455. The average molecular weight is 366 g/mol. The van der Waals surface area contributed by atoms with Crippen LogP contribution in [-0.4, -0.2) is 29.8 Å². The van der Waals surface area contributed by atoms with Crippen molar-refractivity contribution in [3.05, 3.63) is 53.5 Å². The zero-order chi connectivity index (χ0) is 18.8. The van der Waals surface area contributed by atoms with Crippen LogP contribution in [0.25, 0.3) is 0 Å². The summed E-state index contributed by atoms with van der Waals surface area (Å²) in [4.78, 5) is 27.3. The van der Waals surface area contributed by atoms with Crippen LogP contribution in [-0.2, 0) is 0 Å². The van der Waals surface area contributed by atoms with Crippen molar-refractivity contribution in [2.24, 2.45) is 11.8 Å². The van der Waals surface area contributed by atoms with Gasteiger partial charge in [-0.05, 0) is 61.4 Å². The summed E-state index contributed by atoms with van der Waals surface area (Å²) < 4.78 is 5.14. The van der Waals surface area contributed by atoms with Crippen LogP contribution >= 0.6 is 0 Å². The topological polar surface area (TPSA) is 62.6 Å². The van der Waals surface area contributed by atoms with Gasteiger partial charge in [0.2, 0.25) is 0 Å². The molecule has 0 unspecified atom stereocenters. The fourth-order valence-electron chi connectivity index (χ4n) is 4.45. The number of hydrogen-bond acceptors (Lipinski definition) is 3. The molecule has 1 aromatic heterocycles. The van der Waals surface area contributed by atoms with Crippen LogP contribution < -0.4 is 5.32 Å². The predicted molar refractivity (Wildman–Crippen MR) is 104 cm³/mol. The van der Waals surface area contributed by atoms with E-state index in [0.717, 1.165) is 31.0 Å². The number of furan rings is 1. The maximum Gasteiger partial charge on any atom is 0.291 e. The first-order chi connectivity index (χ1) is 13.1. The number of aryl methyl sites for hydroxylation is 1. The lowest BCUT2D eigenvalue weighted by Crippen LogP contribution is -2.44. The highest BCUT2D eigenvalue weighted by molar-refractivity contribution is 6.03. The number of carbonyl (C=O) groups is 2. The molecule has 1 saturated carbocycles. The van der Waals surface area contributed by atoms with E-state index >= 15 is 0 Å². The lowest BCUT2D eigenvalue weighted by molar-refractivity contribution is 0.0521. The number of nitrogens with one attached hydrogen (secondary N) is 1. The van der Waals surface area contributed by atoms with Gasteiger partial charge in [0.05, 0.1) is 6.26 Å². The molecular weight excluding hydrogens is 340 g/mol. The molecule has 2 amide bonds. The molecular formula is C22H26N2O3. The lowest BCUT2D eigenvalue weighted by atomic mass is 9.75. The molecule has 2 atom stereocenters. The Morgan fingerprint density at radius 2 is 1.93 bits per heavy atom. The number of benzene rings is 1. The third-order valence-electron chi connectivity index (χ3n) is 6.06. The summed E-state index contributed by atoms with van der Waals surface area (Å²) in [7, 11) is 0. The minimum Gasteiger partial charge on any atom is -0.459 e. The molecule has 1 saturated heterocycles. The smallest absolute Gasteiger partial charge is 0.291 e. The standard InChI is InChI=1S/C22H26N2O3/c1-15-8-9-17(13-19(15)23-21(25)20-7-4-12-27-20)22(26)24-11-10-16-5-2-3-6-18(16)14-24/h4,7-9,12-13,16,18H,2-3,5-6,10-11,14H2,1H3,(H,23,25)/t16-,18+/m1/s1. The Kier molecular flexibility index (Phi) is 5.01. The molecule has 4 rings (SSSR count). The summed E-state index contributed by atoms with van der Waals surface area (Å²) in [6, 6.07) is 8.82. The molecule has 5 heteroatoms. The Morgan fingerprint density at radius 3 is 2.70 bits per heavy atom. The van der Waals surface area contributed by atoms with E-state index in [1.165, 1.54) is 31.9 Å². The maximum atomic E-state index is 13.0. The first kappa shape index (κ1) is 17.8. The van der Waals surface area contributed by atoms with Crippen molar-refractivity contribution >= 4 is 17.5 Å². The second-order valence-corrected chi connectivity index (χ2v) is 7.81. The maximum absolute atomic E-state index is 13.0. The van der Waals surface area contributed by atoms with Crippen LogP contribution in [0.1, 0.15) is 58.6 Å². The van der Waals surface area contributed by atoms with Crippen LogP contribution in [0.5, 0.6) is 0 Å². The van der Waals surface area contributed by atoms with Gasteiger partial charge >= 0.3 is 0 Å². The Bertz CT molecular complexity index is 828. The Morgan fingerprint density at radius 1 is 1.11 bits per heavy atom. The van der Waals surface area contributed by atoms with Crippen molar-refractivity contribution in [3.63, 3.8) is 0 Å². The highest BCUT2D eigenvalue weighted by Gasteiger charge is 2.33. The van der Waals surface area contributed by atoms with Gasteiger partial charge in [0.1, 0.15) is 0 Å². The SMILES string of the molecule is Cc1ccc(C(=O)N2CC[C@H]3CCCC[C@H]3C2)cc1NC(=O)c1ccco1. The Balaban J connectivity index is 1.48. The Hall–Kier alpha value is -2.56.